The van der Waals surface area contributed by atoms with Gasteiger partial charge < -0.3 is 15.5 Å². The number of aliphatic hydroxyl groups is 2. The summed E-state index contributed by atoms with van der Waals surface area (Å²) in [6.07, 6.45) is 0.647. The molecule has 0 fully saturated rings. The minimum Gasteiger partial charge on any atom is -0.394 e. The van der Waals surface area contributed by atoms with Crippen LogP contribution in [0.15, 0.2) is 12.3 Å². The Hall–Kier alpha value is -1.60. The van der Waals surface area contributed by atoms with Gasteiger partial charge in [0.15, 0.2) is 0 Å². The van der Waals surface area contributed by atoms with Gasteiger partial charge in [0.2, 0.25) is 0 Å². The van der Waals surface area contributed by atoms with Crippen LogP contribution in [0.5, 0.6) is 0 Å². The fraction of sp³-hybridized carbons (Fsp3) is 0.600. The van der Waals surface area contributed by atoms with E-state index in [1.807, 2.05) is 13.8 Å². The normalized spacial score (nSPS) is 12.5. The number of hydrogen-bond donors (Lipinski definition) is 4. The number of aliphatic hydroxyl groups excluding tert-OH is 2. The SMILES string of the molecule is CC(C)n1nccc1NC(=O)NCC(O)CO. The summed E-state index contributed by atoms with van der Waals surface area (Å²) in [7, 11) is 0. The van der Waals surface area contributed by atoms with Crippen molar-refractivity contribution in [2.45, 2.75) is 26.0 Å². The van der Waals surface area contributed by atoms with Crippen LogP contribution in [0.1, 0.15) is 19.9 Å². The van der Waals surface area contributed by atoms with E-state index >= 15 is 0 Å². The molecule has 0 aromatic carbocycles. The highest BCUT2D eigenvalue weighted by Crippen LogP contribution is 2.12. The van der Waals surface area contributed by atoms with Crippen LogP contribution in [0.3, 0.4) is 0 Å². The highest BCUT2D eigenvalue weighted by molar-refractivity contribution is 5.88. The van der Waals surface area contributed by atoms with Crippen molar-refractivity contribution in [3.05, 3.63) is 12.3 Å². The molecule has 0 aliphatic heterocycles. The van der Waals surface area contributed by atoms with Crippen LogP contribution in [0.2, 0.25) is 0 Å². The summed E-state index contributed by atoms with van der Waals surface area (Å²) in [4.78, 5) is 11.4. The second-order valence-electron chi connectivity index (χ2n) is 3.93. The van der Waals surface area contributed by atoms with Crippen LogP contribution < -0.4 is 10.6 Å². The van der Waals surface area contributed by atoms with Gasteiger partial charge in [-0.2, -0.15) is 5.10 Å². The Labute approximate surface area is 99.4 Å². The number of urea groups is 1. The van der Waals surface area contributed by atoms with Gasteiger partial charge in [-0.15, -0.1) is 0 Å². The number of rotatable bonds is 5. The second kappa shape index (κ2) is 6.21. The first-order valence-corrected chi connectivity index (χ1v) is 5.42. The molecule has 1 aromatic rings. The third kappa shape index (κ3) is 4.04. The van der Waals surface area contributed by atoms with Crippen LogP contribution in [0, 0.1) is 0 Å². The molecule has 7 nitrogen and oxygen atoms in total. The largest absolute Gasteiger partial charge is 0.394 e. The molecule has 0 aliphatic carbocycles. The third-order valence-corrected chi connectivity index (χ3v) is 2.11. The molecule has 0 spiro atoms. The zero-order chi connectivity index (χ0) is 12.8. The van der Waals surface area contributed by atoms with Crippen molar-refractivity contribution in [2.24, 2.45) is 0 Å². The minimum atomic E-state index is -0.948. The van der Waals surface area contributed by atoms with Crippen molar-refractivity contribution in [1.82, 2.24) is 15.1 Å². The predicted octanol–water partition coefficient (Wildman–Crippen LogP) is -0.0613. The molecular formula is C10H18N4O3. The van der Waals surface area contributed by atoms with Gasteiger partial charge in [0.05, 0.1) is 18.9 Å². The lowest BCUT2D eigenvalue weighted by atomic mass is 10.4. The fourth-order valence-electron chi connectivity index (χ4n) is 1.26. The van der Waals surface area contributed by atoms with Crippen molar-refractivity contribution in [3.63, 3.8) is 0 Å². The van der Waals surface area contributed by atoms with Gasteiger partial charge in [0.25, 0.3) is 0 Å². The number of nitrogens with zero attached hydrogens (tertiary/aromatic N) is 2. The molecular weight excluding hydrogens is 224 g/mol. The average Bonchev–Trinajstić information content (AvgIpc) is 2.74. The second-order valence-corrected chi connectivity index (χ2v) is 3.93. The van der Waals surface area contributed by atoms with Crippen molar-refractivity contribution in [3.8, 4) is 0 Å². The van der Waals surface area contributed by atoms with Crippen molar-refractivity contribution < 1.29 is 15.0 Å². The average molecular weight is 242 g/mol. The first kappa shape index (κ1) is 13.5. The lowest BCUT2D eigenvalue weighted by molar-refractivity contribution is 0.0965. The smallest absolute Gasteiger partial charge is 0.320 e. The first-order valence-electron chi connectivity index (χ1n) is 5.42. The Morgan fingerprint density at radius 2 is 2.29 bits per heavy atom. The van der Waals surface area contributed by atoms with Crippen molar-refractivity contribution in [1.29, 1.82) is 0 Å². The zero-order valence-electron chi connectivity index (χ0n) is 9.92. The van der Waals surface area contributed by atoms with E-state index in [2.05, 4.69) is 15.7 Å². The Kier molecular flexibility index (Phi) is 4.92. The molecule has 4 N–H and O–H groups in total. The highest BCUT2D eigenvalue weighted by Gasteiger charge is 2.10. The Bertz CT molecular complexity index is 364. The van der Waals surface area contributed by atoms with E-state index in [0.717, 1.165) is 0 Å². The van der Waals surface area contributed by atoms with Gasteiger partial charge in [-0.3, -0.25) is 5.32 Å². The zero-order valence-corrected chi connectivity index (χ0v) is 9.92. The van der Waals surface area contributed by atoms with Crippen LogP contribution in [-0.2, 0) is 0 Å². The molecule has 0 bridgehead atoms. The standard InChI is InChI=1S/C10H18N4O3/c1-7(2)14-9(3-4-12-14)13-10(17)11-5-8(16)6-15/h3-4,7-8,15-16H,5-6H2,1-2H3,(H2,11,13,17). The van der Waals surface area contributed by atoms with Gasteiger partial charge in [-0.05, 0) is 13.8 Å². The Balaban J connectivity index is 2.48. The fourth-order valence-corrected chi connectivity index (χ4v) is 1.26. The Morgan fingerprint density at radius 1 is 1.59 bits per heavy atom. The van der Waals surface area contributed by atoms with E-state index in [4.69, 9.17) is 10.2 Å². The number of carbonyl (C=O) groups is 1. The number of nitrogens with one attached hydrogen (secondary N) is 2. The van der Waals surface area contributed by atoms with Gasteiger partial charge >= 0.3 is 6.03 Å². The first-order chi connectivity index (χ1) is 8.04. The molecule has 0 saturated carbocycles. The highest BCUT2D eigenvalue weighted by atomic mass is 16.3. The summed E-state index contributed by atoms with van der Waals surface area (Å²) < 4.78 is 1.67. The van der Waals surface area contributed by atoms with Gasteiger partial charge in [0, 0.05) is 18.7 Å². The molecule has 2 amide bonds. The third-order valence-electron chi connectivity index (χ3n) is 2.11. The quantitative estimate of drug-likeness (QED) is 0.581. The molecule has 1 heterocycles. The molecule has 1 unspecified atom stereocenters. The maximum atomic E-state index is 11.4. The maximum absolute atomic E-state index is 11.4. The number of amides is 2. The van der Waals surface area contributed by atoms with E-state index in [0.29, 0.717) is 5.82 Å². The summed E-state index contributed by atoms with van der Waals surface area (Å²) in [6, 6.07) is 1.38. The van der Waals surface area contributed by atoms with Gasteiger partial charge in [0.1, 0.15) is 5.82 Å². The van der Waals surface area contributed by atoms with Crippen molar-refractivity contribution >= 4 is 11.8 Å². The lowest BCUT2D eigenvalue weighted by Crippen LogP contribution is -2.37. The summed E-state index contributed by atoms with van der Waals surface area (Å²) in [5.41, 5.74) is 0. The summed E-state index contributed by atoms with van der Waals surface area (Å²) >= 11 is 0. The predicted molar refractivity (Wildman–Crippen MR) is 62.7 cm³/mol. The van der Waals surface area contributed by atoms with Crippen LogP contribution in [-0.4, -0.2) is 45.3 Å². The summed E-state index contributed by atoms with van der Waals surface area (Å²) in [5.74, 6) is 0.580. The minimum absolute atomic E-state index is 0.00184. The maximum Gasteiger partial charge on any atom is 0.320 e. The molecule has 0 radical (unpaired) electrons. The molecule has 0 saturated heterocycles. The molecule has 96 valence electrons. The van der Waals surface area contributed by atoms with Gasteiger partial charge in [-0.25, -0.2) is 9.48 Å². The molecule has 1 atom stereocenters. The lowest BCUT2D eigenvalue weighted by Gasteiger charge is -2.13. The van der Waals surface area contributed by atoms with Crippen LogP contribution in [0.4, 0.5) is 10.6 Å². The summed E-state index contributed by atoms with van der Waals surface area (Å²) in [6.45, 7) is 3.51. The topological polar surface area (TPSA) is 99.4 Å². The molecule has 0 aliphatic rings. The Morgan fingerprint density at radius 3 is 2.88 bits per heavy atom. The number of hydrogen-bond acceptors (Lipinski definition) is 4. The van der Waals surface area contributed by atoms with E-state index in [9.17, 15) is 4.79 Å². The van der Waals surface area contributed by atoms with E-state index in [-0.39, 0.29) is 19.2 Å². The molecule has 17 heavy (non-hydrogen) atoms. The number of carbonyl (C=O) groups excluding carboxylic acids is 1. The van der Waals surface area contributed by atoms with E-state index in [1.54, 1.807) is 16.9 Å². The monoisotopic (exact) mass is 242 g/mol. The number of anilines is 1. The van der Waals surface area contributed by atoms with Crippen molar-refractivity contribution in [2.75, 3.05) is 18.5 Å². The molecule has 1 aromatic heterocycles. The van der Waals surface area contributed by atoms with E-state index in [1.165, 1.54) is 0 Å². The van der Waals surface area contributed by atoms with Gasteiger partial charge in [-0.1, -0.05) is 0 Å². The van der Waals surface area contributed by atoms with Crippen LogP contribution >= 0.6 is 0 Å². The van der Waals surface area contributed by atoms with E-state index < -0.39 is 12.1 Å². The number of aromatic nitrogens is 2. The molecule has 1 rings (SSSR count). The van der Waals surface area contributed by atoms with Crippen LogP contribution in [0.25, 0.3) is 0 Å². The molecule has 7 heteroatoms. The summed E-state index contributed by atoms with van der Waals surface area (Å²) in [5, 5.41) is 26.8.